The van der Waals surface area contributed by atoms with Crippen LogP contribution in [-0.4, -0.2) is 0 Å². The Hall–Kier alpha value is -1.05. The van der Waals surface area contributed by atoms with Gasteiger partial charge in [0.2, 0.25) is 0 Å². The second-order valence-corrected chi connectivity index (χ2v) is 4.54. The topological polar surface area (TPSA) is 49.8 Å². The van der Waals surface area contributed by atoms with Crippen LogP contribution in [0.2, 0.25) is 0 Å². The predicted octanol–water partition coefficient (Wildman–Crippen LogP) is 3.12. The molecule has 0 amide bonds. The first-order valence-electron chi connectivity index (χ1n) is 3.60. The van der Waals surface area contributed by atoms with Gasteiger partial charge in [-0.3, -0.25) is 0 Å². The zero-order chi connectivity index (χ0) is 9.42. The Morgan fingerprint density at radius 3 is 2.92 bits per heavy atom. The predicted molar refractivity (Wildman–Crippen MR) is 58.7 cm³/mol. The molecule has 0 atom stereocenters. The molecule has 0 radical (unpaired) electrons. The number of halogens is 1. The van der Waals surface area contributed by atoms with Crippen molar-refractivity contribution in [3.8, 4) is 6.07 Å². The van der Waals surface area contributed by atoms with Crippen LogP contribution in [0.1, 0.15) is 5.56 Å². The van der Waals surface area contributed by atoms with E-state index in [2.05, 4.69) is 22.0 Å². The SMILES string of the molecule is N#Cc1ccc(Br)c2sc(N)cc12. The third kappa shape index (κ3) is 1.30. The minimum atomic E-state index is 0.672. The first-order chi connectivity index (χ1) is 6.22. The zero-order valence-corrected chi connectivity index (χ0v) is 8.95. The number of thiophene rings is 1. The maximum absolute atomic E-state index is 8.83. The van der Waals surface area contributed by atoms with Gasteiger partial charge in [-0.15, -0.1) is 11.3 Å². The van der Waals surface area contributed by atoms with E-state index < -0.39 is 0 Å². The summed E-state index contributed by atoms with van der Waals surface area (Å²) in [4.78, 5) is 0. The van der Waals surface area contributed by atoms with E-state index in [0.717, 1.165) is 19.6 Å². The standard InChI is InChI=1S/C9H5BrN2S/c10-7-2-1-5(4-11)6-3-8(12)13-9(6)7/h1-3H,12H2. The van der Waals surface area contributed by atoms with Crippen molar-refractivity contribution in [2.75, 3.05) is 5.73 Å². The van der Waals surface area contributed by atoms with E-state index in [1.54, 1.807) is 6.07 Å². The summed E-state index contributed by atoms with van der Waals surface area (Å²) in [6.07, 6.45) is 0. The molecule has 2 nitrogen and oxygen atoms in total. The number of rotatable bonds is 0. The molecule has 2 N–H and O–H groups in total. The Labute approximate surface area is 87.7 Å². The van der Waals surface area contributed by atoms with Crippen LogP contribution in [0, 0.1) is 11.3 Å². The van der Waals surface area contributed by atoms with Crippen LogP contribution in [-0.2, 0) is 0 Å². The van der Waals surface area contributed by atoms with Gasteiger partial charge in [-0.05, 0) is 34.1 Å². The van der Waals surface area contributed by atoms with E-state index in [1.165, 1.54) is 11.3 Å². The fourth-order valence-corrected chi connectivity index (χ4v) is 2.65. The molecule has 0 aliphatic heterocycles. The highest BCUT2D eigenvalue weighted by Crippen LogP contribution is 2.35. The molecule has 0 spiro atoms. The number of hydrogen-bond donors (Lipinski definition) is 1. The summed E-state index contributed by atoms with van der Waals surface area (Å²) < 4.78 is 2.03. The van der Waals surface area contributed by atoms with Crippen LogP contribution in [0.4, 0.5) is 5.00 Å². The Kier molecular flexibility index (Phi) is 1.98. The maximum Gasteiger partial charge on any atom is 0.0998 e. The number of anilines is 1. The molecule has 0 saturated carbocycles. The normalized spacial score (nSPS) is 10.2. The van der Waals surface area contributed by atoms with E-state index in [0.29, 0.717) is 5.56 Å². The van der Waals surface area contributed by atoms with Crippen molar-refractivity contribution in [1.29, 1.82) is 5.26 Å². The highest BCUT2D eigenvalue weighted by Gasteiger charge is 2.07. The van der Waals surface area contributed by atoms with Gasteiger partial charge in [0.1, 0.15) is 0 Å². The number of nitriles is 1. The van der Waals surface area contributed by atoms with Crippen LogP contribution < -0.4 is 5.73 Å². The smallest absolute Gasteiger partial charge is 0.0998 e. The Morgan fingerprint density at radius 2 is 2.23 bits per heavy atom. The lowest BCUT2D eigenvalue weighted by atomic mass is 10.1. The Balaban J connectivity index is 2.94. The lowest BCUT2D eigenvalue weighted by Gasteiger charge is -1.94. The van der Waals surface area contributed by atoms with E-state index in [9.17, 15) is 0 Å². The van der Waals surface area contributed by atoms with Gasteiger partial charge in [-0.2, -0.15) is 5.26 Å². The Morgan fingerprint density at radius 1 is 1.46 bits per heavy atom. The van der Waals surface area contributed by atoms with Gasteiger partial charge in [-0.1, -0.05) is 0 Å². The molecule has 2 aromatic rings. The molecule has 2 rings (SSSR count). The summed E-state index contributed by atoms with van der Waals surface area (Å²) in [5.41, 5.74) is 6.34. The number of nitrogens with zero attached hydrogens (tertiary/aromatic N) is 1. The molecule has 0 unspecified atom stereocenters. The Bertz CT molecular complexity index is 510. The van der Waals surface area contributed by atoms with Crippen molar-refractivity contribution in [1.82, 2.24) is 0 Å². The number of nitrogen functional groups attached to an aromatic ring is 1. The average molecular weight is 253 g/mol. The summed E-state index contributed by atoms with van der Waals surface area (Å²) >= 11 is 4.91. The van der Waals surface area contributed by atoms with Crippen LogP contribution in [0.5, 0.6) is 0 Å². The van der Waals surface area contributed by atoms with Crippen molar-refractivity contribution in [2.45, 2.75) is 0 Å². The third-order valence-corrected chi connectivity index (χ3v) is 3.70. The van der Waals surface area contributed by atoms with E-state index in [4.69, 9.17) is 11.0 Å². The van der Waals surface area contributed by atoms with Crippen molar-refractivity contribution in [3.05, 3.63) is 28.2 Å². The molecule has 0 bridgehead atoms. The summed E-state index contributed by atoms with van der Waals surface area (Å²) in [5, 5.41) is 10.5. The van der Waals surface area contributed by atoms with Crippen molar-refractivity contribution in [3.63, 3.8) is 0 Å². The zero-order valence-electron chi connectivity index (χ0n) is 6.54. The molecule has 0 aliphatic rings. The molecule has 1 heterocycles. The second-order valence-electron chi connectivity index (χ2n) is 2.60. The fraction of sp³-hybridized carbons (Fsp3) is 0. The monoisotopic (exact) mass is 252 g/mol. The summed E-state index contributed by atoms with van der Waals surface area (Å²) in [6, 6.07) is 7.64. The summed E-state index contributed by atoms with van der Waals surface area (Å²) in [7, 11) is 0. The molecule has 13 heavy (non-hydrogen) atoms. The van der Waals surface area contributed by atoms with E-state index in [1.807, 2.05) is 12.1 Å². The van der Waals surface area contributed by atoms with Gasteiger partial charge < -0.3 is 5.73 Å². The summed E-state index contributed by atoms with van der Waals surface area (Å²) in [5.74, 6) is 0. The van der Waals surface area contributed by atoms with Crippen molar-refractivity contribution < 1.29 is 0 Å². The quantitative estimate of drug-likeness (QED) is 0.784. The van der Waals surface area contributed by atoms with Gasteiger partial charge in [0.25, 0.3) is 0 Å². The molecule has 4 heteroatoms. The largest absolute Gasteiger partial charge is 0.391 e. The highest BCUT2D eigenvalue weighted by molar-refractivity contribution is 9.10. The molecule has 0 aliphatic carbocycles. The first kappa shape index (κ1) is 8.54. The van der Waals surface area contributed by atoms with Gasteiger partial charge in [0, 0.05) is 9.86 Å². The van der Waals surface area contributed by atoms with E-state index >= 15 is 0 Å². The maximum atomic E-state index is 8.83. The molecule has 1 aromatic heterocycles. The second kappa shape index (κ2) is 3.02. The molecular formula is C9H5BrN2S. The first-order valence-corrected chi connectivity index (χ1v) is 5.21. The molecule has 0 fully saturated rings. The van der Waals surface area contributed by atoms with Gasteiger partial charge in [0.15, 0.2) is 0 Å². The minimum Gasteiger partial charge on any atom is -0.391 e. The third-order valence-electron chi connectivity index (χ3n) is 1.78. The van der Waals surface area contributed by atoms with Crippen LogP contribution in [0.15, 0.2) is 22.7 Å². The molecule has 1 aromatic carbocycles. The lowest BCUT2D eigenvalue weighted by molar-refractivity contribution is 1.50. The molecular weight excluding hydrogens is 248 g/mol. The van der Waals surface area contributed by atoms with E-state index in [-0.39, 0.29) is 0 Å². The van der Waals surface area contributed by atoms with Crippen molar-refractivity contribution in [2.24, 2.45) is 0 Å². The minimum absolute atomic E-state index is 0.672. The number of fused-ring (bicyclic) bond motifs is 1. The van der Waals surface area contributed by atoms with Crippen LogP contribution in [0.25, 0.3) is 10.1 Å². The molecule has 0 saturated heterocycles. The van der Waals surface area contributed by atoms with Gasteiger partial charge in [0.05, 0.1) is 21.3 Å². The average Bonchev–Trinajstić information content (AvgIpc) is 2.48. The number of benzene rings is 1. The number of hydrogen-bond acceptors (Lipinski definition) is 3. The summed E-state index contributed by atoms with van der Waals surface area (Å²) in [6.45, 7) is 0. The highest BCUT2D eigenvalue weighted by atomic mass is 79.9. The van der Waals surface area contributed by atoms with Gasteiger partial charge >= 0.3 is 0 Å². The van der Waals surface area contributed by atoms with Crippen LogP contribution in [0.3, 0.4) is 0 Å². The fourth-order valence-electron chi connectivity index (χ4n) is 1.21. The lowest BCUT2D eigenvalue weighted by Crippen LogP contribution is -1.75. The number of nitrogens with two attached hydrogens (primary N) is 1. The van der Waals surface area contributed by atoms with Gasteiger partial charge in [-0.25, -0.2) is 0 Å². The van der Waals surface area contributed by atoms with Crippen molar-refractivity contribution >= 4 is 42.4 Å². The van der Waals surface area contributed by atoms with Crippen LogP contribution >= 0.6 is 27.3 Å². The molecule has 64 valence electrons.